The van der Waals surface area contributed by atoms with E-state index in [1.807, 2.05) is 25.1 Å². The number of hydrogen-bond acceptors (Lipinski definition) is 5. The standard InChI is InChI=1S/C19H22N4O3/c1-14-11-20-17(26-14)12-22-9-5-8-19(13-22)10-16(24)21-23(19)18(25)15-6-3-2-4-7-15/h2-4,6-7,11H,5,8-10,12-13H2,1H3,(H,21,24). The molecule has 2 aliphatic heterocycles. The van der Waals surface area contributed by atoms with Crippen LogP contribution >= 0.6 is 0 Å². The first-order chi connectivity index (χ1) is 12.6. The summed E-state index contributed by atoms with van der Waals surface area (Å²) in [6.45, 7) is 3.96. The van der Waals surface area contributed by atoms with Gasteiger partial charge in [-0.25, -0.2) is 9.99 Å². The lowest BCUT2D eigenvalue weighted by molar-refractivity contribution is -0.120. The molecule has 2 aliphatic rings. The molecule has 0 bridgehead atoms. The van der Waals surface area contributed by atoms with Crippen LogP contribution in [-0.2, 0) is 11.3 Å². The number of likely N-dealkylation sites (tertiary alicyclic amines) is 1. The van der Waals surface area contributed by atoms with E-state index in [9.17, 15) is 9.59 Å². The molecule has 2 aromatic rings. The van der Waals surface area contributed by atoms with Crippen LogP contribution in [0.2, 0.25) is 0 Å². The van der Waals surface area contributed by atoms with Gasteiger partial charge in [0.25, 0.3) is 5.91 Å². The van der Waals surface area contributed by atoms with Crippen LogP contribution < -0.4 is 5.43 Å². The van der Waals surface area contributed by atoms with E-state index in [2.05, 4.69) is 15.3 Å². The number of carbonyl (C=O) groups is 2. The number of rotatable bonds is 3. The summed E-state index contributed by atoms with van der Waals surface area (Å²) in [6.07, 6.45) is 3.74. The normalized spacial score (nSPS) is 23.4. The van der Waals surface area contributed by atoms with Crippen LogP contribution in [-0.4, -0.2) is 45.3 Å². The van der Waals surface area contributed by atoms with Gasteiger partial charge in [-0.3, -0.25) is 19.9 Å². The van der Waals surface area contributed by atoms with E-state index < -0.39 is 5.54 Å². The Morgan fingerprint density at radius 2 is 2.15 bits per heavy atom. The Bertz CT molecular complexity index is 819. The van der Waals surface area contributed by atoms with Gasteiger partial charge in [0.05, 0.1) is 24.7 Å². The zero-order valence-electron chi connectivity index (χ0n) is 14.8. The number of aryl methyl sites for hydroxylation is 1. The lowest BCUT2D eigenvalue weighted by Crippen LogP contribution is -2.59. The molecule has 1 atom stereocenters. The van der Waals surface area contributed by atoms with Crippen LogP contribution in [0.25, 0.3) is 0 Å². The first-order valence-corrected chi connectivity index (χ1v) is 8.88. The molecule has 2 fully saturated rings. The predicted octanol–water partition coefficient (Wildman–Crippen LogP) is 1.89. The van der Waals surface area contributed by atoms with Crippen molar-refractivity contribution in [2.75, 3.05) is 13.1 Å². The third-order valence-corrected chi connectivity index (χ3v) is 5.09. The maximum absolute atomic E-state index is 13.0. The first kappa shape index (κ1) is 16.8. The van der Waals surface area contributed by atoms with Gasteiger partial charge in [-0.05, 0) is 38.4 Å². The van der Waals surface area contributed by atoms with E-state index in [-0.39, 0.29) is 11.8 Å². The SMILES string of the molecule is Cc1cnc(CN2CCCC3(CC(=O)NN3C(=O)c3ccccc3)C2)o1. The minimum absolute atomic E-state index is 0.108. The first-order valence-electron chi connectivity index (χ1n) is 8.88. The fourth-order valence-electron chi connectivity index (χ4n) is 3.97. The van der Waals surface area contributed by atoms with Crippen molar-refractivity contribution < 1.29 is 14.0 Å². The van der Waals surface area contributed by atoms with Crippen molar-refractivity contribution in [2.24, 2.45) is 0 Å². The summed E-state index contributed by atoms with van der Waals surface area (Å²) in [5.74, 6) is 1.18. The van der Waals surface area contributed by atoms with Crippen LogP contribution in [0.1, 0.15) is 41.3 Å². The van der Waals surface area contributed by atoms with E-state index in [0.717, 1.165) is 25.1 Å². The summed E-state index contributed by atoms with van der Waals surface area (Å²) in [7, 11) is 0. The average molecular weight is 354 g/mol. The topological polar surface area (TPSA) is 78.7 Å². The highest BCUT2D eigenvalue weighted by molar-refractivity contribution is 5.98. The molecule has 1 spiro atoms. The molecule has 1 aromatic carbocycles. The molecule has 7 nitrogen and oxygen atoms in total. The maximum Gasteiger partial charge on any atom is 0.272 e. The van der Waals surface area contributed by atoms with Crippen LogP contribution in [0.4, 0.5) is 0 Å². The van der Waals surface area contributed by atoms with Crippen molar-refractivity contribution in [3.63, 3.8) is 0 Å². The Morgan fingerprint density at radius 3 is 2.88 bits per heavy atom. The third kappa shape index (κ3) is 3.10. The number of amides is 2. The van der Waals surface area contributed by atoms with Gasteiger partial charge in [-0.1, -0.05) is 18.2 Å². The molecule has 2 amide bonds. The summed E-state index contributed by atoms with van der Waals surface area (Å²) < 4.78 is 5.59. The van der Waals surface area contributed by atoms with Gasteiger partial charge in [-0.15, -0.1) is 0 Å². The van der Waals surface area contributed by atoms with E-state index in [1.165, 1.54) is 0 Å². The minimum Gasteiger partial charge on any atom is -0.445 e. The lowest BCUT2D eigenvalue weighted by Gasteiger charge is -2.44. The van der Waals surface area contributed by atoms with Gasteiger partial charge < -0.3 is 4.42 Å². The molecule has 7 heteroatoms. The molecule has 26 heavy (non-hydrogen) atoms. The number of hydrazine groups is 1. The van der Waals surface area contributed by atoms with Crippen LogP contribution in [0.15, 0.2) is 40.9 Å². The Labute approximate surface area is 152 Å². The molecular weight excluding hydrogens is 332 g/mol. The second kappa shape index (κ2) is 6.57. The second-order valence-electron chi connectivity index (χ2n) is 7.12. The summed E-state index contributed by atoms with van der Waals surface area (Å²) in [4.78, 5) is 31.7. The Morgan fingerprint density at radius 1 is 1.35 bits per heavy atom. The van der Waals surface area contributed by atoms with Crippen LogP contribution in [0.3, 0.4) is 0 Å². The van der Waals surface area contributed by atoms with Gasteiger partial charge in [-0.2, -0.15) is 0 Å². The molecule has 3 heterocycles. The number of aromatic nitrogens is 1. The molecule has 1 aromatic heterocycles. The van der Waals surface area contributed by atoms with Gasteiger partial charge in [0, 0.05) is 12.1 Å². The highest BCUT2D eigenvalue weighted by Gasteiger charge is 2.50. The summed E-state index contributed by atoms with van der Waals surface area (Å²) in [6, 6.07) is 9.08. The highest BCUT2D eigenvalue weighted by Crippen LogP contribution is 2.35. The number of benzene rings is 1. The molecule has 0 radical (unpaired) electrons. The molecule has 136 valence electrons. The monoisotopic (exact) mass is 354 g/mol. The highest BCUT2D eigenvalue weighted by atomic mass is 16.4. The van der Waals surface area contributed by atoms with Crippen molar-refractivity contribution in [1.29, 1.82) is 0 Å². The van der Waals surface area contributed by atoms with E-state index in [4.69, 9.17) is 4.42 Å². The zero-order chi connectivity index (χ0) is 18.1. The van der Waals surface area contributed by atoms with Crippen molar-refractivity contribution >= 4 is 11.8 Å². The quantitative estimate of drug-likeness (QED) is 0.911. The Hall–Kier alpha value is -2.67. The Balaban J connectivity index is 1.56. The van der Waals surface area contributed by atoms with Crippen molar-refractivity contribution in [3.05, 3.63) is 53.7 Å². The number of nitrogens with one attached hydrogen (secondary N) is 1. The molecule has 0 saturated carbocycles. The third-order valence-electron chi connectivity index (χ3n) is 5.09. The number of carbonyl (C=O) groups excluding carboxylic acids is 2. The van der Waals surface area contributed by atoms with Gasteiger partial charge >= 0.3 is 0 Å². The molecule has 0 aliphatic carbocycles. The van der Waals surface area contributed by atoms with Crippen LogP contribution in [0, 0.1) is 6.92 Å². The van der Waals surface area contributed by atoms with E-state index in [0.29, 0.717) is 31.0 Å². The zero-order valence-corrected chi connectivity index (χ0v) is 14.8. The van der Waals surface area contributed by atoms with Gasteiger partial charge in [0.1, 0.15) is 5.76 Å². The predicted molar refractivity (Wildman–Crippen MR) is 93.9 cm³/mol. The summed E-state index contributed by atoms with van der Waals surface area (Å²) in [5.41, 5.74) is 2.83. The lowest BCUT2D eigenvalue weighted by atomic mass is 9.85. The molecular formula is C19H22N4O3. The van der Waals surface area contributed by atoms with Crippen molar-refractivity contribution in [2.45, 2.75) is 38.3 Å². The maximum atomic E-state index is 13.0. The fourth-order valence-corrected chi connectivity index (χ4v) is 3.97. The fraction of sp³-hybridized carbons (Fsp3) is 0.421. The number of hydrogen-bond donors (Lipinski definition) is 1. The van der Waals surface area contributed by atoms with Gasteiger partial charge in [0.15, 0.2) is 0 Å². The molecule has 1 N–H and O–H groups in total. The number of nitrogens with zero attached hydrogens (tertiary/aromatic N) is 3. The van der Waals surface area contributed by atoms with Crippen LogP contribution in [0.5, 0.6) is 0 Å². The molecule has 1 unspecified atom stereocenters. The van der Waals surface area contributed by atoms with Gasteiger partial charge in [0.2, 0.25) is 11.8 Å². The smallest absolute Gasteiger partial charge is 0.272 e. The molecule has 4 rings (SSSR count). The summed E-state index contributed by atoms with van der Waals surface area (Å²) >= 11 is 0. The largest absolute Gasteiger partial charge is 0.445 e. The average Bonchev–Trinajstić information content (AvgIpc) is 3.18. The van der Waals surface area contributed by atoms with Crippen molar-refractivity contribution in [1.82, 2.24) is 20.3 Å². The minimum atomic E-state index is -0.524. The van der Waals surface area contributed by atoms with E-state index in [1.54, 1.807) is 23.3 Å². The van der Waals surface area contributed by atoms with Crippen molar-refractivity contribution in [3.8, 4) is 0 Å². The Kier molecular flexibility index (Phi) is 4.24. The second-order valence-corrected chi connectivity index (χ2v) is 7.12. The number of oxazole rings is 1. The number of piperidine rings is 1. The van der Waals surface area contributed by atoms with E-state index >= 15 is 0 Å². The molecule has 2 saturated heterocycles. The summed E-state index contributed by atoms with van der Waals surface area (Å²) in [5, 5.41) is 1.55.